The van der Waals surface area contributed by atoms with Crippen LogP contribution in [0.3, 0.4) is 0 Å². The van der Waals surface area contributed by atoms with Crippen LogP contribution < -0.4 is 5.32 Å². The van der Waals surface area contributed by atoms with Gasteiger partial charge in [-0.3, -0.25) is 19.4 Å². The highest BCUT2D eigenvalue weighted by molar-refractivity contribution is 6.31. The molecule has 1 aromatic carbocycles. The molecular formula is C28H40ClN3O3. The van der Waals surface area contributed by atoms with Crippen LogP contribution in [0.2, 0.25) is 5.02 Å². The van der Waals surface area contributed by atoms with Gasteiger partial charge < -0.3 is 10.4 Å². The molecule has 1 aromatic rings. The van der Waals surface area contributed by atoms with Crippen molar-refractivity contribution < 1.29 is 14.7 Å². The smallest absolute Gasteiger partial charge is 0.304 e. The molecule has 0 bridgehead atoms. The second kappa shape index (κ2) is 11.4. The lowest BCUT2D eigenvalue weighted by Gasteiger charge is -2.36. The zero-order chi connectivity index (χ0) is 25.0. The molecule has 0 radical (unpaired) electrons. The third-order valence-electron chi connectivity index (χ3n) is 8.37. The Hall–Kier alpha value is -1.89. The van der Waals surface area contributed by atoms with Crippen molar-refractivity contribution >= 4 is 23.5 Å². The second-order valence-electron chi connectivity index (χ2n) is 11.0. The van der Waals surface area contributed by atoms with Crippen LogP contribution in [0.15, 0.2) is 29.8 Å². The number of amides is 1. The minimum Gasteiger partial charge on any atom is -0.481 e. The summed E-state index contributed by atoms with van der Waals surface area (Å²) in [6.45, 7) is 8.79. The van der Waals surface area contributed by atoms with E-state index >= 15 is 0 Å². The van der Waals surface area contributed by atoms with Crippen LogP contribution in [-0.4, -0.2) is 65.5 Å². The summed E-state index contributed by atoms with van der Waals surface area (Å²) in [6.07, 6.45) is 9.13. The van der Waals surface area contributed by atoms with Gasteiger partial charge in [0.05, 0.1) is 11.8 Å². The molecular weight excluding hydrogens is 462 g/mol. The van der Waals surface area contributed by atoms with E-state index in [2.05, 4.69) is 21.2 Å². The number of halogens is 1. The van der Waals surface area contributed by atoms with Crippen LogP contribution in [0, 0.1) is 18.3 Å². The fraction of sp³-hybridized carbons (Fsp3) is 0.643. The van der Waals surface area contributed by atoms with E-state index in [1.165, 1.54) is 25.7 Å². The molecule has 0 aromatic heterocycles. The Labute approximate surface area is 214 Å². The third kappa shape index (κ3) is 6.28. The fourth-order valence-electron chi connectivity index (χ4n) is 6.17. The maximum absolute atomic E-state index is 13.7. The Morgan fingerprint density at radius 1 is 1.17 bits per heavy atom. The highest BCUT2D eigenvalue weighted by Crippen LogP contribution is 2.41. The minimum atomic E-state index is -0.926. The average Bonchev–Trinajstić information content (AvgIpc) is 3.13. The first kappa shape index (κ1) is 26.2. The van der Waals surface area contributed by atoms with Crippen molar-refractivity contribution in [2.75, 3.05) is 32.7 Å². The molecule has 3 aliphatic rings. The molecule has 4 rings (SSSR count). The van der Waals surface area contributed by atoms with Gasteiger partial charge in [0.1, 0.15) is 0 Å². The maximum Gasteiger partial charge on any atom is 0.304 e. The van der Waals surface area contributed by atoms with Gasteiger partial charge in [-0.15, -0.1) is 0 Å². The van der Waals surface area contributed by atoms with Crippen LogP contribution in [0.25, 0.3) is 0 Å². The second-order valence-corrected chi connectivity index (χ2v) is 11.4. The first-order valence-electron chi connectivity index (χ1n) is 13.2. The predicted molar refractivity (Wildman–Crippen MR) is 139 cm³/mol. The van der Waals surface area contributed by atoms with Crippen molar-refractivity contribution in [3.8, 4) is 0 Å². The number of carboxylic acids is 1. The SMILES string of the molecule is Cc1cccc(Cl)c1CN1C[C@H](C)[C@](CC(=O)O)(C(=O)NC2CCN(CC3=CCCCC3)CC2)C1. The number of aliphatic carboxylic acids is 1. The zero-order valence-corrected chi connectivity index (χ0v) is 21.9. The molecule has 7 heteroatoms. The van der Waals surface area contributed by atoms with Crippen LogP contribution in [0.4, 0.5) is 0 Å². The topological polar surface area (TPSA) is 72.9 Å². The molecule has 2 heterocycles. The maximum atomic E-state index is 13.7. The summed E-state index contributed by atoms with van der Waals surface area (Å²) in [6, 6.07) is 5.97. The molecule has 2 fully saturated rings. The molecule has 0 unspecified atom stereocenters. The van der Waals surface area contributed by atoms with Gasteiger partial charge >= 0.3 is 5.97 Å². The summed E-state index contributed by atoms with van der Waals surface area (Å²) >= 11 is 6.46. The van der Waals surface area contributed by atoms with Crippen LogP contribution in [0.5, 0.6) is 0 Å². The van der Waals surface area contributed by atoms with Crippen LogP contribution in [0.1, 0.15) is 63.0 Å². The molecule has 0 saturated carbocycles. The van der Waals surface area contributed by atoms with Crippen molar-refractivity contribution in [1.29, 1.82) is 0 Å². The Kier molecular flexibility index (Phi) is 8.56. The van der Waals surface area contributed by atoms with E-state index < -0.39 is 11.4 Å². The third-order valence-corrected chi connectivity index (χ3v) is 8.72. The van der Waals surface area contributed by atoms with E-state index in [1.807, 2.05) is 32.0 Å². The number of allylic oxidation sites excluding steroid dienone is 1. The minimum absolute atomic E-state index is 0.0558. The summed E-state index contributed by atoms with van der Waals surface area (Å²) < 4.78 is 0. The monoisotopic (exact) mass is 501 g/mol. The van der Waals surface area contributed by atoms with Gasteiger partial charge in [-0.2, -0.15) is 0 Å². The molecule has 2 aliphatic heterocycles. The molecule has 2 saturated heterocycles. The van der Waals surface area contributed by atoms with E-state index in [0.29, 0.717) is 24.7 Å². The Morgan fingerprint density at radius 2 is 1.94 bits per heavy atom. The number of benzene rings is 1. The summed E-state index contributed by atoms with van der Waals surface area (Å²) in [5.74, 6) is -1.07. The number of carboxylic acid groups (broad SMARTS) is 1. The Bertz CT molecular complexity index is 937. The first-order valence-corrected chi connectivity index (χ1v) is 13.5. The lowest BCUT2D eigenvalue weighted by atomic mass is 9.75. The van der Waals surface area contributed by atoms with Gasteiger partial charge in [-0.25, -0.2) is 0 Å². The number of hydrogen-bond donors (Lipinski definition) is 2. The van der Waals surface area contributed by atoms with Gasteiger partial charge in [0, 0.05) is 50.3 Å². The van der Waals surface area contributed by atoms with E-state index in [-0.39, 0.29) is 24.3 Å². The number of hydrogen-bond acceptors (Lipinski definition) is 4. The standard InChI is InChI=1S/C28H40ClN3O3/c1-20-7-6-10-25(29)24(20)18-32-16-21(2)28(19-32,15-26(33)34)27(35)30-23-11-13-31(14-12-23)17-22-8-4-3-5-9-22/h6-8,10,21,23H,3-5,9,11-19H2,1-2H3,(H,30,35)(H,33,34)/t21-,28+/m0/s1. The number of likely N-dealkylation sites (tertiary alicyclic amines) is 2. The number of rotatable bonds is 8. The highest BCUT2D eigenvalue weighted by atomic mass is 35.5. The number of aryl methyl sites for hydroxylation is 1. The molecule has 0 spiro atoms. The largest absolute Gasteiger partial charge is 0.481 e. The fourth-order valence-corrected chi connectivity index (χ4v) is 6.45. The molecule has 1 amide bonds. The summed E-state index contributed by atoms with van der Waals surface area (Å²) in [5, 5.41) is 13.7. The van der Waals surface area contributed by atoms with Crippen molar-refractivity contribution in [2.45, 2.75) is 71.4 Å². The molecule has 1 aliphatic carbocycles. The molecule has 192 valence electrons. The van der Waals surface area contributed by atoms with Gasteiger partial charge in [0.2, 0.25) is 5.91 Å². The summed E-state index contributed by atoms with van der Waals surface area (Å²) in [4.78, 5) is 30.2. The van der Waals surface area contributed by atoms with E-state index in [9.17, 15) is 14.7 Å². The number of nitrogens with zero attached hydrogens (tertiary/aromatic N) is 2. The van der Waals surface area contributed by atoms with Crippen molar-refractivity contribution in [3.63, 3.8) is 0 Å². The van der Waals surface area contributed by atoms with E-state index in [4.69, 9.17) is 11.6 Å². The molecule has 6 nitrogen and oxygen atoms in total. The average molecular weight is 502 g/mol. The van der Waals surface area contributed by atoms with Crippen LogP contribution in [-0.2, 0) is 16.1 Å². The zero-order valence-electron chi connectivity index (χ0n) is 21.2. The number of piperidine rings is 1. The number of carbonyl (C=O) groups excluding carboxylic acids is 1. The Balaban J connectivity index is 1.38. The summed E-state index contributed by atoms with van der Waals surface area (Å²) in [7, 11) is 0. The Morgan fingerprint density at radius 3 is 2.60 bits per heavy atom. The quantitative estimate of drug-likeness (QED) is 0.507. The van der Waals surface area contributed by atoms with E-state index in [0.717, 1.165) is 43.6 Å². The van der Waals surface area contributed by atoms with Crippen molar-refractivity contribution in [2.24, 2.45) is 11.3 Å². The van der Waals surface area contributed by atoms with Gasteiger partial charge in [-0.05, 0) is 68.6 Å². The number of nitrogens with one attached hydrogen (secondary N) is 1. The first-order chi connectivity index (χ1) is 16.8. The van der Waals surface area contributed by atoms with Crippen molar-refractivity contribution in [3.05, 3.63) is 46.0 Å². The number of carbonyl (C=O) groups is 2. The molecule has 2 N–H and O–H groups in total. The molecule has 35 heavy (non-hydrogen) atoms. The van der Waals surface area contributed by atoms with Crippen molar-refractivity contribution in [1.82, 2.24) is 15.1 Å². The van der Waals surface area contributed by atoms with Gasteiger partial charge in [0.25, 0.3) is 0 Å². The van der Waals surface area contributed by atoms with E-state index in [1.54, 1.807) is 5.57 Å². The lowest BCUT2D eigenvalue weighted by molar-refractivity contribution is -0.147. The molecule has 2 atom stereocenters. The predicted octanol–water partition coefficient (Wildman–Crippen LogP) is 4.64. The van der Waals surface area contributed by atoms with Crippen LogP contribution >= 0.6 is 11.6 Å². The normalized spacial score (nSPS) is 26.5. The summed E-state index contributed by atoms with van der Waals surface area (Å²) in [5.41, 5.74) is 2.80. The van der Waals surface area contributed by atoms with Gasteiger partial charge in [-0.1, -0.05) is 42.3 Å². The highest BCUT2D eigenvalue weighted by Gasteiger charge is 2.51. The lowest BCUT2D eigenvalue weighted by Crippen LogP contribution is -2.53. The van der Waals surface area contributed by atoms with Gasteiger partial charge in [0.15, 0.2) is 0 Å².